The van der Waals surface area contributed by atoms with Gasteiger partial charge in [0.1, 0.15) is 0 Å². The normalized spacial score (nSPS) is 45.0. The molecule has 5 fully saturated rings. The van der Waals surface area contributed by atoms with Gasteiger partial charge in [-0.25, -0.2) is 0 Å². The quantitative estimate of drug-likeness (QED) is 0.664. The van der Waals surface area contributed by atoms with E-state index in [0.717, 1.165) is 38.6 Å². The molecule has 6 atom stereocenters. The Kier molecular flexibility index (Phi) is 5.10. The van der Waals surface area contributed by atoms with Crippen molar-refractivity contribution < 1.29 is 4.79 Å². The first-order valence-electron chi connectivity index (χ1n) is 11.3. The van der Waals surface area contributed by atoms with Gasteiger partial charge < -0.3 is 10.6 Å². The smallest absolute Gasteiger partial charge is 0.226 e. The molecule has 3 nitrogen and oxygen atoms in total. The highest BCUT2D eigenvalue weighted by Crippen LogP contribution is 2.71. The van der Waals surface area contributed by atoms with Crippen LogP contribution in [-0.4, -0.2) is 24.5 Å². The summed E-state index contributed by atoms with van der Waals surface area (Å²) in [7, 11) is 0. The molecule has 1 heterocycles. The molecule has 1 saturated heterocycles. The molecule has 28 heavy (non-hydrogen) atoms. The highest BCUT2D eigenvalue weighted by atomic mass is 16.2. The van der Waals surface area contributed by atoms with Crippen molar-refractivity contribution in [1.82, 2.24) is 10.6 Å². The lowest BCUT2D eigenvalue weighted by molar-refractivity contribution is -0.167. The van der Waals surface area contributed by atoms with Crippen LogP contribution in [0.3, 0.4) is 0 Å². The van der Waals surface area contributed by atoms with Crippen LogP contribution >= 0.6 is 0 Å². The monoisotopic (exact) mass is 382 g/mol. The van der Waals surface area contributed by atoms with E-state index in [0.29, 0.717) is 23.9 Å². The average molecular weight is 383 g/mol. The highest BCUT2D eigenvalue weighted by molar-refractivity contribution is 5.84. The van der Waals surface area contributed by atoms with Gasteiger partial charge in [0.05, 0.1) is 5.41 Å². The fourth-order valence-corrected chi connectivity index (χ4v) is 7.59. The zero-order chi connectivity index (χ0) is 20.0. The average Bonchev–Trinajstić information content (AvgIpc) is 2.59. The summed E-state index contributed by atoms with van der Waals surface area (Å²) in [5.41, 5.74) is 1.47. The van der Waals surface area contributed by atoms with Crippen LogP contribution in [0.2, 0.25) is 0 Å². The summed E-state index contributed by atoms with van der Waals surface area (Å²) in [6.45, 7) is 12.2. The summed E-state index contributed by atoms with van der Waals surface area (Å²) in [5.74, 6) is 1.02. The van der Waals surface area contributed by atoms with Gasteiger partial charge >= 0.3 is 0 Å². The zero-order valence-electron chi connectivity index (χ0n) is 18.0. The van der Waals surface area contributed by atoms with E-state index in [9.17, 15) is 4.79 Å². The predicted octanol–water partition coefficient (Wildman–Crippen LogP) is 4.91. The van der Waals surface area contributed by atoms with Crippen LogP contribution in [-0.2, 0) is 4.79 Å². The number of nitrogens with one attached hydrogen (secondary N) is 2. The molecule has 2 N–H and O–H groups in total. The standard InChI is InChI=1S/C25H38N2O/c1-5-6-7-8-18(2)24-13-20-12-23(4,15-24)16-25(14-20,17-24)22(28)27-21-9-10-26-19(3)11-21/h5-8,19-21,26H,2,9-17H2,1,3-4H3,(H,27,28)/b6-5-,8-7-/t19-,20?,21-,23+,24+,25?/m0/s1. The molecule has 1 amide bonds. The number of allylic oxidation sites excluding steroid dienone is 5. The zero-order valence-corrected chi connectivity index (χ0v) is 18.0. The summed E-state index contributed by atoms with van der Waals surface area (Å²) in [4.78, 5) is 13.6. The molecule has 4 bridgehead atoms. The van der Waals surface area contributed by atoms with Gasteiger partial charge in [-0.15, -0.1) is 0 Å². The number of carbonyl (C=O) groups excluding carboxylic acids is 1. The van der Waals surface area contributed by atoms with E-state index in [1.54, 1.807) is 0 Å². The molecule has 4 aliphatic carbocycles. The second kappa shape index (κ2) is 7.16. The number of hydrogen-bond donors (Lipinski definition) is 2. The van der Waals surface area contributed by atoms with E-state index in [-0.39, 0.29) is 16.2 Å². The molecule has 4 saturated carbocycles. The number of rotatable bonds is 5. The van der Waals surface area contributed by atoms with Crippen LogP contribution in [0.15, 0.2) is 36.5 Å². The summed E-state index contributed by atoms with van der Waals surface area (Å²) < 4.78 is 0. The van der Waals surface area contributed by atoms with Gasteiger partial charge in [0.15, 0.2) is 0 Å². The Hall–Kier alpha value is -1.35. The Morgan fingerprint density at radius 3 is 2.61 bits per heavy atom. The SMILES string of the molecule is C=C(/C=C\C=C/C)[C@]12CC3CC(C(=O)N[C@H]4CCN[C@@H](C)C4)(C[C@](C)(C3)C1)C2. The summed E-state index contributed by atoms with van der Waals surface area (Å²) in [6, 6.07) is 0.828. The van der Waals surface area contributed by atoms with Crippen molar-refractivity contribution in [3.8, 4) is 0 Å². The van der Waals surface area contributed by atoms with E-state index >= 15 is 0 Å². The first-order chi connectivity index (χ1) is 13.3. The Labute approximate surface area is 171 Å². The van der Waals surface area contributed by atoms with Gasteiger partial charge in [0, 0.05) is 12.1 Å². The van der Waals surface area contributed by atoms with Crippen molar-refractivity contribution >= 4 is 5.91 Å². The van der Waals surface area contributed by atoms with E-state index in [2.05, 4.69) is 55.4 Å². The molecule has 0 spiro atoms. The van der Waals surface area contributed by atoms with Crippen LogP contribution in [0.5, 0.6) is 0 Å². The number of carbonyl (C=O) groups is 1. The Bertz CT molecular complexity index is 709. The van der Waals surface area contributed by atoms with Crippen LogP contribution in [0.1, 0.15) is 72.1 Å². The molecule has 3 heteroatoms. The molecule has 0 aromatic rings. The minimum atomic E-state index is -0.181. The van der Waals surface area contributed by atoms with Gasteiger partial charge in [-0.1, -0.05) is 37.8 Å². The molecule has 0 aromatic carbocycles. The van der Waals surface area contributed by atoms with Crippen LogP contribution in [0, 0.1) is 22.2 Å². The molecule has 0 aromatic heterocycles. The molecular weight excluding hydrogens is 344 g/mol. The van der Waals surface area contributed by atoms with E-state index in [4.69, 9.17) is 0 Å². The van der Waals surface area contributed by atoms with Gasteiger partial charge in [-0.2, -0.15) is 0 Å². The highest BCUT2D eigenvalue weighted by Gasteiger charge is 2.64. The predicted molar refractivity (Wildman–Crippen MR) is 116 cm³/mol. The minimum absolute atomic E-state index is 0.116. The lowest BCUT2D eigenvalue weighted by Crippen LogP contribution is -2.62. The molecule has 154 valence electrons. The second-order valence-electron chi connectivity index (χ2n) is 10.8. The first kappa shape index (κ1) is 19.9. The largest absolute Gasteiger partial charge is 0.353 e. The fraction of sp³-hybridized carbons (Fsp3) is 0.720. The molecular formula is C25H38N2O. The van der Waals surface area contributed by atoms with Crippen molar-refractivity contribution in [2.24, 2.45) is 22.2 Å². The lowest BCUT2D eigenvalue weighted by Gasteiger charge is -2.65. The summed E-state index contributed by atoms with van der Waals surface area (Å²) >= 11 is 0. The van der Waals surface area contributed by atoms with Gasteiger partial charge in [-0.05, 0) is 94.1 Å². The molecule has 5 aliphatic rings. The second-order valence-corrected chi connectivity index (χ2v) is 10.8. The third kappa shape index (κ3) is 3.51. The Morgan fingerprint density at radius 1 is 1.14 bits per heavy atom. The Morgan fingerprint density at radius 2 is 1.89 bits per heavy atom. The maximum Gasteiger partial charge on any atom is 0.226 e. The van der Waals surface area contributed by atoms with Crippen LogP contribution in [0.25, 0.3) is 0 Å². The first-order valence-corrected chi connectivity index (χ1v) is 11.3. The van der Waals surface area contributed by atoms with E-state index in [1.807, 2.05) is 6.92 Å². The summed E-state index contributed by atoms with van der Waals surface area (Å²) in [5, 5.41) is 6.99. The van der Waals surface area contributed by atoms with Crippen molar-refractivity contribution in [2.75, 3.05) is 6.54 Å². The van der Waals surface area contributed by atoms with Crippen LogP contribution < -0.4 is 10.6 Å². The maximum atomic E-state index is 13.6. The summed E-state index contributed by atoms with van der Waals surface area (Å²) in [6.07, 6.45) is 17.4. The molecule has 0 radical (unpaired) electrons. The van der Waals surface area contributed by atoms with E-state index in [1.165, 1.54) is 24.8 Å². The topological polar surface area (TPSA) is 41.1 Å². The third-order valence-corrected chi connectivity index (χ3v) is 8.07. The molecule has 5 rings (SSSR count). The van der Waals surface area contributed by atoms with Gasteiger partial charge in [-0.3, -0.25) is 4.79 Å². The third-order valence-electron chi connectivity index (χ3n) is 8.07. The van der Waals surface area contributed by atoms with Crippen molar-refractivity contribution in [1.29, 1.82) is 0 Å². The van der Waals surface area contributed by atoms with Gasteiger partial charge in [0.2, 0.25) is 5.91 Å². The maximum absolute atomic E-state index is 13.6. The van der Waals surface area contributed by atoms with Crippen LogP contribution in [0.4, 0.5) is 0 Å². The molecule has 2 unspecified atom stereocenters. The molecule has 1 aliphatic heterocycles. The van der Waals surface area contributed by atoms with Crippen molar-refractivity contribution in [3.63, 3.8) is 0 Å². The fourth-order valence-electron chi connectivity index (χ4n) is 7.59. The number of hydrogen-bond acceptors (Lipinski definition) is 2. The number of amides is 1. The van der Waals surface area contributed by atoms with E-state index < -0.39 is 0 Å². The van der Waals surface area contributed by atoms with Crippen molar-refractivity contribution in [3.05, 3.63) is 36.5 Å². The minimum Gasteiger partial charge on any atom is -0.353 e. The number of piperidine rings is 1. The Balaban J connectivity index is 1.57. The van der Waals surface area contributed by atoms with Gasteiger partial charge in [0.25, 0.3) is 0 Å². The van der Waals surface area contributed by atoms with Crippen molar-refractivity contribution in [2.45, 2.75) is 84.2 Å². The lowest BCUT2D eigenvalue weighted by atomic mass is 9.38.